The van der Waals surface area contributed by atoms with Crippen molar-refractivity contribution in [1.82, 2.24) is 9.78 Å². The van der Waals surface area contributed by atoms with Crippen LogP contribution in [0.3, 0.4) is 0 Å². The lowest BCUT2D eigenvalue weighted by Crippen LogP contribution is -2.03. The quantitative estimate of drug-likeness (QED) is 0.614. The van der Waals surface area contributed by atoms with Gasteiger partial charge in [0.1, 0.15) is 0 Å². The minimum atomic E-state index is 0.194. The van der Waals surface area contributed by atoms with Crippen LogP contribution in [0.4, 0.5) is 0 Å². The largest absolute Gasteiger partial charge is 0.269 e. The summed E-state index contributed by atoms with van der Waals surface area (Å²) in [6, 6.07) is 4.14. The van der Waals surface area contributed by atoms with Gasteiger partial charge in [0.25, 0.3) is 0 Å². The minimum Gasteiger partial charge on any atom is -0.269 e. The standard InChI is InChI=1S/C7H9N3/c1-7(3-4-8)10-6-2-5-9-10/h2,5-7H,3H2,1H3. The Morgan fingerprint density at radius 1 is 1.80 bits per heavy atom. The Bertz CT molecular complexity index is 219. The molecule has 1 aromatic rings. The monoisotopic (exact) mass is 135 g/mol. The van der Waals surface area contributed by atoms with Crippen molar-refractivity contribution in [3.8, 4) is 6.07 Å². The second-order valence-corrected chi connectivity index (χ2v) is 2.20. The summed E-state index contributed by atoms with van der Waals surface area (Å²) in [7, 11) is 0. The van der Waals surface area contributed by atoms with E-state index in [0.717, 1.165) is 0 Å². The summed E-state index contributed by atoms with van der Waals surface area (Å²) in [4.78, 5) is 0. The number of rotatable bonds is 2. The Morgan fingerprint density at radius 2 is 2.60 bits per heavy atom. The molecule has 0 aromatic carbocycles. The van der Waals surface area contributed by atoms with E-state index >= 15 is 0 Å². The van der Waals surface area contributed by atoms with E-state index in [9.17, 15) is 0 Å². The fourth-order valence-corrected chi connectivity index (χ4v) is 0.767. The molecular formula is C7H9N3. The molecule has 0 aliphatic rings. The fraction of sp³-hybridized carbons (Fsp3) is 0.429. The molecule has 0 aliphatic carbocycles. The third-order valence-electron chi connectivity index (χ3n) is 1.36. The zero-order chi connectivity index (χ0) is 7.40. The summed E-state index contributed by atoms with van der Waals surface area (Å²) in [6.07, 6.45) is 4.09. The normalized spacial score (nSPS) is 12.4. The van der Waals surface area contributed by atoms with Crippen molar-refractivity contribution in [2.45, 2.75) is 19.4 Å². The van der Waals surface area contributed by atoms with Crippen LogP contribution in [-0.2, 0) is 0 Å². The molecule has 1 heterocycles. The van der Waals surface area contributed by atoms with Gasteiger partial charge in [-0.2, -0.15) is 10.4 Å². The Kier molecular flexibility index (Phi) is 2.06. The van der Waals surface area contributed by atoms with Crippen LogP contribution in [0, 0.1) is 11.3 Å². The summed E-state index contributed by atoms with van der Waals surface area (Å²) in [6.45, 7) is 1.97. The van der Waals surface area contributed by atoms with E-state index in [4.69, 9.17) is 5.26 Å². The lowest BCUT2D eigenvalue weighted by atomic mass is 10.3. The van der Waals surface area contributed by atoms with E-state index in [1.165, 1.54) is 0 Å². The van der Waals surface area contributed by atoms with Crippen molar-refractivity contribution < 1.29 is 0 Å². The van der Waals surface area contributed by atoms with Gasteiger partial charge in [-0.25, -0.2) is 0 Å². The van der Waals surface area contributed by atoms with Crippen LogP contribution in [-0.4, -0.2) is 9.78 Å². The molecule has 0 aliphatic heterocycles. The van der Waals surface area contributed by atoms with Crippen molar-refractivity contribution >= 4 is 0 Å². The van der Waals surface area contributed by atoms with E-state index in [2.05, 4.69) is 11.2 Å². The van der Waals surface area contributed by atoms with Crippen LogP contribution < -0.4 is 0 Å². The molecule has 0 fully saturated rings. The first-order chi connectivity index (χ1) is 4.84. The first kappa shape index (κ1) is 6.81. The van der Waals surface area contributed by atoms with Crippen LogP contribution in [0.1, 0.15) is 19.4 Å². The highest BCUT2D eigenvalue weighted by Crippen LogP contribution is 2.05. The second kappa shape index (κ2) is 3.02. The molecule has 0 saturated carbocycles. The third-order valence-corrected chi connectivity index (χ3v) is 1.36. The second-order valence-electron chi connectivity index (χ2n) is 2.20. The van der Waals surface area contributed by atoms with Crippen LogP contribution >= 0.6 is 0 Å². The van der Waals surface area contributed by atoms with Gasteiger partial charge in [0.05, 0.1) is 18.5 Å². The van der Waals surface area contributed by atoms with E-state index < -0.39 is 0 Å². The Labute approximate surface area is 59.9 Å². The molecule has 1 atom stereocenters. The van der Waals surface area contributed by atoms with Crippen LogP contribution in [0.25, 0.3) is 0 Å². The van der Waals surface area contributed by atoms with E-state index in [1.807, 2.05) is 19.2 Å². The molecular weight excluding hydrogens is 126 g/mol. The Hall–Kier alpha value is -1.30. The number of aromatic nitrogens is 2. The maximum atomic E-state index is 8.34. The average Bonchev–Trinajstić information content (AvgIpc) is 2.38. The first-order valence-electron chi connectivity index (χ1n) is 3.20. The highest BCUT2D eigenvalue weighted by atomic mass is 15.3. The molecule has 0 spiro atoms. The molecule has 0 saturated heterocycles. The third kappa shape index (κ3) is 1.35. The van der Waals surface area contributed by atoms with E-state index in [1.54, 1.807) is 10.9 Å². The molecule has 0 amide bonds. The molecule has 3 heteroatoms. The lowest BCUT2D eigenvalue weighted by molar-refractivity contribution is 0.500. The maximum Gasteiger partial charge on any atom is 0.0644 e. The number of nitrogens with zero attached hydrogens (tertiary/aromatic N) is 3. The molecule has 0 bridgehead atoms. The minimum absolute atomic E-state index is 0.194. The van der Waals surface area contributed by atoms with E-state index in [-0.39, 0.29) is 6.04 Å². The molecule has 0 radical (unpaired) electrons. The van der Waals surface area contributed by atoms with Crippen molar-refractivity contribution in [2.24, 2.45) is 0 Å². The van der Waals surface area contributed by atoms with Gasteiger partial charge < -0.3 is 0 Å². The average molecular weight is 135 g/mol. The summed E-state index contributed by atoms with van der Waals surface area (Å²) in [5.41, 5.74) is 0. The van der Waals surface area contributed by atoms with Crippen LogP contribution in [0.5, 0.6) is 0 Å². The topological polar surface area (TPSA) is 41.6 Å². The van der Waals surface area contributed by atoms with Gasteiger partial charge in [0.15, 0.2) is 0 Å². The van der Waals surface area contributed by atoms with Crippen molar-refractivity contribution in [1.29, 1.82) is 5.26 Å². The molecule has 1 aromatic heterocycles. The first-order valence-corrected chi connectivity index (χ1v) is 3.20. The molecule has 1 rings (SSSR count). The van der Waals surface area contributed by atoms with Crippen molar-refractivity contribution in [3.63, 3.8) is 0 Å². The van der Waals surface area contributed by atoms with Gasteiger partial charge in [0, 0.05) is 12.4 Å². The molecule has 1 unspecified atom stereocenters. The van der Waals surface area contributed by atoms with Gasteiger partial charge in [-0.05, 0) is 13.0 Å². The Morgan fingerprint density at radius 3 is 3.10 bits per heavy atom. The predicted octanol–water partition coefficient (Wildman–Crippen LogP) is 1.36. The summed E-state index contributed by atoms with van der Waals surface area (Å²) in [5, 5.41) is 12.3. The van der Waals surface area contributed by atoms with Gasteiger partial charge >= 0.3 is 0 Å². The number of hydrogen-bond acceptors (Lipinski definition) is 2. The van der Waals surface area contributed by atoms with Crippen LogP contribution in [0.2, 0.25) is 0 Å². The highest BCUT2D eigenvalue weighted by Gasteiger charge is 2.00. The number of nitriles is 1. The van der Waals surface area contributed by atoms with Gasteiger partial charge in [0.2, 0.25) is 0 Å². The van der Waals surface area contributed by atoms with Crippen molar-refractivity contribution in [2.75, 3.05) is 0 Å². The molecule has 3 nitrogen and oxygen atoms in total. The SMILES string of the molecule is CC(CC#N)n1cccn1. The zero-order valence-corrected chi connectivity index (χ0v) is 5.86. The maximum absolute atomic E-state index is 8.34. The van der Waals surface area contributed by atoms with Crippen LogP contribution in [0.15, 0.2) is 18.5 Å². The predicted molar refractivity (Wildman–Crippen MR) is 37.2 cm³/mol. The molecule has 0 N–H and O–H groups in total. The highest BCUT2D eigenvalue weighted by molar-refractivity contribution is 4.83. The smallest absolute Gasteiger partial charge is 0.0644 e. The van der Waals surface area contributed by atoms with Gasteiger partial charge in [-0.3, -0.25) is 4.68 Å². The molecule has 52 valence electrons. The summed E-state index contributed by atoms with van der Waals surface area (Å²) in [5.74, 6) is 0. The summed E-state index contributed by atoms with van der Waals surface area (Å²) >= 11 is 0. The van der Waals surface area contributed by atoms with Gasteiger partial charge in [-0.15, -0.1) is 0 Å². The zero-order valence-electron chi connectivity index (χ0n) is 5.86. The lowest BCUT2D eigenvalue weighted by Gasteiger charge is -2.05. The summed E-state index contributed by atoms with van der Waals surface area (Å²) < 4.78 is 1.78. The van der Waals surface area contributed by atoms with E-state index in [0.29, 0.717) is 6.42 Å². The van der Waals surface area contributed by atoms with Crippen molar-refractivity contribution in [3.05, 3.63) is 18.5 Å². The van der Waals surface area contributed by atoms with Gasteiger partial charge in [-0.1, -0.05) is 0 Å². The number of hydrogen-bond donors (Lipinski definition) is 0. The fourth-order valence-electron chi connectivity index (χ4n) is 0.767. The molecule has 10 heavy (non-hydrogen) atoms. The Balaban J connectivity index is 2.61.